The van der Waals surface area contributed by atoms with E-state index in [-0.39, 0.29) is 11.9 Å². The number of benzene rings is 2. The number of carbonyl (C=O) groups excluding carboxylic acids is 2. The third-order valence-electron chi connectivity index (χ3n) is 7.66. The summed E-state index contributed by atoms with van der Waals surface area (Å²) in [5.74, 6) is -0.0423. The topological polar surface area (TPSA) is 58.0 Å². The van der Waals surface area contributed by atoms with E-state index in [0.717, 1.165) is 25.2 Å². The number of aromatic nitrogens is 1. The van der Waals surface area contributed by atoms with Crippen molar-refractivity contribution in [3.63, 3.8) is 0 Å². The first kappa shape index (κ1) is 23.6. The van der Waals surface area contributed by atoms with Gasteiger partial charge in [-0.3, -0.25) is 14.6 Å². The van der Waals surface area contributed by atoms with Crippen LogP contribution in [-0.4, -0.2) is 76.6 Å². The van der Waals surface area contributed by atoms with E-state index < -0.39 is 5.54 Å². The number of urea groups is 1. The lowest BCUT2D eigenvalue weighted by molar-refractivity contribution is -0.135. The Labute approximate surface area is 206 Å². The molecule has 2 fully saturated rings. The maximum Gasteiger partial charge on any atom is 0.327 e. The summed E-state index contributed by atoms with van der Waals surface area (Å²) in [6.07, 6.45) is 4.16. The first-order valence-electron chi connectivity index (χ1n) is 12.5. The van der Waals surface area contributed by atoms with Gasteiger partial charge in [-0.2, -0.15) is 0 Å². The van der Waals surface area contributed by atoms with Crippen LogP contribution in [0.2, 0.25) is 0 Å². The van der Waals surface area contributed by atoms with E-state index in [1.807, 2.05) is 30.3 Å². The lowest BCUT2D eigenvalue weighted by Gasteiger charge is -2.42. The van der Waals surface area contributed by atoms with Crippen LogP contribution in [0.1, 0.15) is 24.0 Å². The molecule has 3 heterocycles. The molecule has 7 nitrogen and oxygen atoms in total. The molecule has 0 saturated carbocycles. The van der Waals surface area contributed by atoms with E-state index in [4.69, 9.17) is 4.74 Å². The van der Waals surface area contributed by atoms with Crippen molar-refractivity contribution in [2.45, 2.75) is 31.3 Å². The Hall–Kier alpha value is -3.16. The van der Waals surface area contributed by atoms with Gasteiger partial charge < -0.3 is 14.2 Å². The number of carbonyl (C=O) groups is 2. The largest absolute Gasteiger partial charge is 0.383 e. The van der Waals surface area contributed by atoms with Crippen LogP contribution in [-0.2, 0) is 29.5 Å². The van der Waals surface area contributed by atoms with E-state index >= 15 is 0 Å². The normalized spacial score (nSPS) is 18.3. The summed E-state index contributed by atoms with van der Waals surface area (Å²) in [4.78, 5) is 32.8. The van der Waals surface area contributed by atoms with Gasteiger partial charge in [-0.1, -0.05) is 48.5 Å². The third kappa shape index (κ3) is 4.34. The molecule has 1 aromatic heterocycles. The fourth-order valence-corrected chi connectivity index (χ4v) is 5.71. The van der Waals surface area contributed by atoms with Crippen molar-refractivity contribution in [3.05, 3.63) is 71.9 Å². The van der Waals surface area contributed by atoms with Gasteiger partial charge in [-0.05, 0) is 36.5 Å². The molecular formula is C28H34N4O3. The molecule has 7 heteroatoms. The molecule has 2 aliphatic rings. The number of amides is 3. The highest BCUT2D eigenvalue weighted by molar-refractivity contribution is 6.07. The number of piperidine rings is 1. The zero-order valence-electron chi connectivity index (χ0n) is 20.7. The highest BCUT2D eigenvalue weighted by Crippen LogP contribution is 2.38. The predicted molar refractivity (Wildman–Crippen MR) is 136 cm³/mol. The molecule has 35 heavy (non-hydrogen) atoms. The number of hydrogen-bond donors (Lipinski definition) is 0. The summed E-state index contributed by atoms with van der Waals surface area (Å²) in [6, 6.07) is 18.3. The Morgan fingerprint density at radius 3 is 2.40 bits per heavy atom. The third-order valence-corrected chi connectivity index (χ3v) is 7.66. The van der Waals surface area contributed by atoms with Crippen molar-refractivity contribution >= 4 is 22.8 Å². The van der Waals surface area contributed by atoms with Gasteiger partial charge >= 0.3 is 6.03 Å². The van der Waals surface area contributed by atoms with E-state index in [9.17, 15) is 9.59 Å². The fourth-order valence-electron chi connectivity index (χ4n) is 5.71. The average molecular weight is 475 g/mol. The lowest BCUT2D eigenvalue weighted by Crippen LogP contribution is -2.57. The second-order valence-corrected chi connectivity index (χ2v) is 9.71. The first-order chi connectivity index (χ1) is 17.0. The van der Waals surface area contributed by atoms with Crippen molar-refractivity contribution in [2.75, 3.05) is 39.9 Å². The van der Waals surface area contributed by atoms with Gasteiger partial charge in [0.25, 0.3) is 5.91 Å². The second kappa shape index (κ2) is 9.84. The molecule has 2 aromatic carbocycles. The monoisotopic (exact) mass is 474 g/mol. The van der Waals surface area contributed by atoms with Crippen LogP contribution >= 0.6 is 0 Å². The van der Waals surface area contributed by atoms with Crippen molar-refractivity contribution < 1.29 is 14.3 Å². The smallest absolute Gasteiger partial charge is 0.327 e. The minimum Gasteiger partial charge on any atom is -0.383 e. The zero-order valence-corrected chi connectivity index (χ0v) is 20.7. The molecule has 1 spiro atoms. The molecule has 0 N–H and O–H groups in total. The van der Waals surface area contributed by atoms with Crippen LogP contribution in [0.25, 0.3) is 10.9 Å². The Morgan fingerprint density at radius 2 is 1.66 bits per heavy atom. The SMILES string of the molecule is COCCN1C(=O)N(CCc2ccccc2)C(=O)C12CCN(Cc1cn(C)c3ccccc13)CC2. The molecule has 0 unspecified atom stereocenters. The van der Waals surface area contributed by atoms with Gasteiger partial charge in [0.2, 0.25) is 0 Å². The predicted octanol–water partition coefficient (Wildman–Crippen LogP) is 3.67. The number of hydrogen-bond acceptors (Lipinski definition) is 4. The van der Waals surface area contributed by atoms with Gasteiger partial charge in [-0.25, -0.2) is 4.79 Å². The van der Waals surface area contributed by atoms with Crippen molar-refractivity contribution in [3.8, 4) is 0 Å². The Bertz CT molecular complexity index is 1200. The number of aryl methyl sites for hydroxylation is 1. The van der Waals surface area contributed by atoms with Gasteiger partial charge in [0.15, 0.2) is 0 Å². The standard InChI is InChI=1S/C28H34N4O3/c1-29-20-23(24-10-6-7-11-25(24)29)21-30-16-13-28(14-17-30)26(33)31(27(34)32(28)18-19-35-2)15-12-22-8-4-3-5-9-22/h3-11,20H,12-19,21H2,1-2H3. The van der Waals surface area contributed by atoms with Crippen molar-refractivity contribution in [1.82, 2.24) is 19.3 Å². The molecule has 0 radical (unpaired) electrons. The maximum atomic E-state index is 13.7. The van der Waals surface area contributed by atoms with Crippen molar-refractivity contribution in [2.24, 2.45) is 7.05 Å². The van der Waals surface area contributed by atoms with Crippen LogP contribution in [0.3, 0.4) is 0 Å². The molecule has 184 valence electrons. The Morgan fingerprint density at radius 1 is 0.943 bits per heavy atom. The van der Waals surface area contributed by atoms with E-state index in [1.54, 1.807) is 12.0 Å². The maximum absolute atomic E-state index is 13.7. The molecule has 0 atom stereocenters. The highest BCUT2D eigenvalue weighted by Gasteiger charge is 2.57. The lowest BCUT2D eigenvalue weighted by atomic mass is 9.85. The minimum atomic E-state index is -0.762. The second-order valence-electron chi connectivity index (χ2n) is 9.71. The van der Waals surface area contributed by atoms with Gasteiger partial charge in [0.1, 0.15) is 5.54 Å². The van der Waals surface area contributed by atoms with E-state index in [2.05, 4.69) is 47.0 Å². The van der Waals surface area contributed by atoms with Gasteiger partial charge in [-0.15, -0.1) is 0 Å². The van der Waals surface area contributed by atoms with Crippen molar-refractivity contribution in [1.29, 1.82) is 0 Å². The molecule has 2 aliphatic heterocycles. The number of nitrogens with zero attached hydrogens (tertiary/aromatic N) is 4. The molecule has 0 aliphatic carbocycles. The molecule has 5 rings (SSSR count). The summed E-state index contributed by atoms with van der Waals surface area (Å²) in [5.41, 5.74) is 2.89. The summed E-state index contributed by atoms with van der Waals surface area (Å²) in [5, 5.41) is 1.27. The number of likely N-dealkylation sites (tertiary alicyclic amines) is 1. The van der Waals surface area contributed by atoms with Gasteiger partial charge in [0, 0.05) is 64.0 Å². The Kier molecular flexibility index (Phi) is 6.62. The summed E-state index contributed by atoms with van der Waals surface area (Å²) in [7, 11) is 3.71. The average Bonchev–Trinajstić information content (AvgIpc) is 3.29. The molecular weight excluding hydrogens is 440 g/mol. The number of para-hydroxylation sites is 1. The molecule has 0 bridgehead atoms. The van der Waals surface area contributed by atoms with Crippen LogP contribution in [0, 0.1) is 0 Å². The van der Waals surface area contributed by atoms with Crippen LogP contribution in [0.5, 0.6) is 0 Å². The number of methoxy groups -OCH3 is 1. The Balaban J connectivity index is 1.31. The van der Waals surface area contributed by atoms with E-state index in [0.29, 0.717) is 39.0 Å². The number of ether oxygens (including phenoxy) is 1. The molecule has 3 aromatic rings. The van der Waals surface area contributed by atoms with Crippen LogP contribution in [0.15, 0.2) is 60.8 Å². The molecule has 3 amide bonds. The number of imide groups is 1. The number of rotatable bonds is 8. The number of fused-ring (bicyclic) bond motifs is 1. The van der Waals surface area contributed by atoms with E-state index in [1.165, 1.54) is 21.4 Å². The molecule has 2 saturated heterocycles. The minimum absolute atomic E-state index is 0.0423. The summed E-state index contributed by atoms with van der Waals surface area (Å²) >= 11 is 0. The quantitative estimate of drug-likeness (QED) is 0.468. The first-order valence-corrected chi connectivity index (χ1v) is 12.5. The van der Waals surface area contributed by atoms with Gasteiger partial charge in [0.05, 0.1) is 6.61 Å². The highest BCUT2D eigenvalue weighted by atomic mass is 16.5. The fraction of sp³-hybridized carbons (Fsp3) is 0.429. The van der Waals surface area contributed by atoms with Crippen LogP contribution in [0.4, 0.5) is 4.79 Å². The van der Waals surface area contributed by atoms with Crippen LogP contribution < -0.4 is 0 Å². The zero-order chi connectivity index (χ0) is 24.4. The summed E-state index contributed by atoms with van der Waals surface area (Å²) < 4.78 is 7.47. The summed E-state index contributed by atoms with van der Waals surface area (Å²) in [6.45, 7) is 3.66.